The molecule has 0 aliphatic rings. The van der Waals surface area contributed by atoms with Crippen LogP contribution >= 0.6 is 22.7 Å². The van der Waals surface area contributed by atoms with Crippen LogP contribution < -0.4 is 11.1 Å². The summed E-state index contributed by atoms with van der Waals surface area (Å²) in [7, 11) is 0. The Hall–Kier alpha value is -2.33. The van der Waals surface area contributed by atoms with Crippen LogP contribution in [0.1, 0.15) is 14.7 Å². The fraction of sp³-hybridized carbons (Fsp3) is 0.182. The van der Waals surface area contributed by atoms with Gasteiger partial charge in [-0.1, -0.05) is 5.16 Å². The van der Waals surface area contributed by atoms with E-state index in [-0.39, 0.29) is 5.91 Å². The molecule has 108 valence electrons. The van der Waals surface area contributed by atoms with Crippen molar-refractivity contribution >= 4 is 28.6 Å². The van der Waals surface area contributed by atoms with Gasteiger partial charge in [0.15, 0.2) is 5.82 Å². The summed E-state index contributed by atoms with van der Waals surface area (Å²) in [5.41, 5.74) is 1.65. The van der Waals surface area contributed by atoms with Crippen molar-refractivity contribution in [3.05, 3.63) is 38.1 Å². The van der Waals surface area contributed by atoms with Crippen LogP contribution in [0.5, 0.6) is 0 Å². The van der Waals surface area contributed by atoms with Gasteiger partial charge < -0.3 is 5.32 Å². The van der Waals surface area contributed by atoms with E-state index in [1.807, 2.05) is 0 Å². The van der Waals surface area contributed by atoms with Gasteiger partial charge in [0.25, 0.3) is 5.91 Å². The Morgan fingerprint density at radius 2 is 2.33 bits per heavy atom. The number of carbonyl (C=O) groups excluding carboxylic acids is 1. The largest absolute Gasteiger partial charge is 0.439 e. The second kappa shape index (κ2) is 5.97. The lowest BCUT2D eigenvalue weighted by atomic mass is 10.4. The lowest BCUT2D eigenvalue weighted by Crippen LogP contribution is -2.24. The lowest BCUT2D eigenvalue weighted by Gasteiger charge is -2.00. The van der Waals surface area contributed by atoms with Crippen LogP contribution in [0, 0.1) is 0 Å². The minimum Gasteiger partial charge on any atom is -0.351 e. The van der Waals surface area contributed by atoms with Crippen molar-refractivity contribution in [2.45, 2.75) is 6.42 Å². The maximum absolute atomic E-state index is 12.0. The number of nitrogens with zero attached hydrogens (tertiary/aromatic N) is 3. The van der Waals surface area contributed by atoms with Gasteiger partial charge in [-0.3, -0.25) is 14.3 Å². The Balaban J connectivity index is 1.60. The minimum absolute atomic E-state index is 0.179. The highest BCUT2D eigenvalue weighted by Crippen LogP contribution is 2.24. The number of hydrogen-bond donors (Lipinski definition) is 2. The first-order valence-corrected chi connectivity index (χ1v) is 7.61. The third-order valence-electron chi connectivity index (χ3n) is 2.53. The molecule has 0 aromatic carbocycles. The topological polar surface area (TPSA) is 114 Å². The number of nitrogens with one attached hydrogen (secondary N) is 2. The summed E-state index contributed by atoms with van der Waals surface area (Å²) in [4.78, 5) is 26.5. The molecule has 3 heterocycles. The zero-order valence-electron chi connectivity index (χ0n) is 10.5. The highest BCUT2D eigenvalue weighted by molar-refractivity contribution is 7.17. The normalized spacial score (nSPS) is 10.7. The van der Waals surface area contributed by atoms with Gasteiger partial charge in [-0.25, -0.2) is 4.79 Å². The molecule has 0 bridgehead atoms. The van der Waals surface area contributed by atoms with Gasteiger partial charge in [0.2, 0.25) is 0 Å². The number of carbonyl (C=O) groups is 1. The van der Waals surface area contributed by atoms with E-state index in [0.717, 1.165) is 5.01 Å². The van der Waals surface area contributed by atoms with Crippen LogP contribution in [0.3, 0.4) is 0 Å². The van der Waals surface area contributed by atoms with Crippen molar-refractivity contribution in [1.82, 2.24) is 25.7 Å². The molecule has 3 aromatic rings. The summed E-state index contributed by atoms with van der Waals surface area (Å²) in [6.07, 6.45) is 0.644. The number of hydrogen-bond acceptors (Lipinski definition) is 8. The fourth-order valence-electron chi connectivity index (χ4n) is 1.60. The van der Waals surface area contributed by atoms with Gasteiger partial charge in [0.1, 0.15) is 10.5 Å². The number of rotatable bonds is 5. The second-order valence-electron chi connectivity index (χ2n) is 3.95. The smallest absolute Gasteiger partial charge is 0.351 e. The Kier molecular flexibility index (Phi) is 3.88. The molecule has 0 saturated carbocycles. The first-order chi connectivity index (χ1) is 10.2. The standard InChI is InChI=1S/C11H9N5O3S2/c17-10(12-4-3-8-15-13-5-20-8)7-2-1-6(21-7)9-14-11(18)19-16-9/h1-2,5H,3-4H2,(H,12,17)(H,14,16,18). The molecule has 0 spiro atoms. The van der Waals surface area contributed by atoms with E-state index in [1.54, 1.807) is 17.6 Å². The van der Waals surface area contributed by atoms with Gasteiger partial charge >= 0.3 is 5.76 Å². The molecule has 3 aromatic heterocycles. The molecular formula is C11H9N5O3S2. The molecule has 0 saturated heterocycles. The SMILES string of the molecule is O=C(NCCc1nncs1)c1ccc(-c2noc(=O)[nH]2)s1. The van der Waals surface area contributed by atoms with E-state index < -0.39 is 5.76 Å². The Morgan fingerprint density at radius 3 is 3.05 bits per heavy atom. The average Bonchev–Trinajstić information content (AvgIpc) is 3.19. The van der Waals surface area contributed by atoms with Gasteiger partial charge in [-0.15, -0.1) is 32.9 Å². The molecule has 8 nitrogen and oxygen atoms in total. The Labute approximate surface area is 125 Å². The number of aromatic amines is 1. The molecule has 0 unspecified atom stereocenters. The third-order valence-corrected chi connectivity index (χ3v) is 4.38. The number of H-pyrrole nitrogens is 1. The van der Waals surface area contributed by atoms with Crippen LogP contribution in [-0.4, -0.2) is 32.8 Å². The number of thiophene rings is 1. The van der Waals surface area contributed by atoms with Gasteiger partial charge in [0, 0.05) is 13.0 Å². The first kappa shape index (κ1) is 13.6. The average molecular weight is 323 g/mol. The van der Waals surface area contributed by atoms with Crippen LogP contribution in [0.25, 0.3) is 10.7 Å². The Morgan fingerprint density at radius 1 is 1.43 bits per heavy atom. The van der Waals surface area contributed by atoms with Gasteiger partial charge in [-0.05, 0) is 12.1 Å². The summed E-state index contributed by atoms with van der Waals surface area (Å²) in [6.45, 7) is 0.488. The van der Waals surface area contributed by atoms with E-state index in [9.17, 15) is 9.59 Å². The quantitative estimate of drug-likeness (QED) is 0.721. The molecule has 3 rings (SSSR count). The predicted molar refractivity (Wildman–Crippen MR) is 76.4 cm³/mol. The highest BCUT2D eigenvalue weighted by atomic mass is 32.1. The van der Waals surface area contributed by atoms with Gasteiger partial charge in [0.05, 0.1) is 9.75 Å². The van der Waals surface area contributed by atoms with Crippen molar-refractivity contribution in [3.8, 4) is 10.7 Å². The zero-order chi connectivity index (χ0) is 14.7. The number of amides is 1. The molecule has 0 atom stereocenters. The van der Waals surface area contributed by atoms with Gasteiger partial charge in [-0.2, -0.15) is 0 Å². The van der Waals surface area contributed by atoms with Crippen LogP contribution in [-0.2, 0) is 6.42 Å². The monoisotopic (exact) mass is 323 g/mol. The Bertz CT molecular complexity index is 789. The van der Waals surface area contributed by atoms with E-state index in [0.29, 0.717) is 28.5 Å². The summed E-state index contributed by atoms with van der Waals surface area (Å²) in [5.74, 6) is -0.485. The fourth-order valence-corrected chi connectivity index (χ4v) is 2.99. The van der Waals surface area contributed by atoms with E-state index >= 15 is 0 Å². The summed E-state index contributed by atoms with van der Waals surface area (Å²) < 4.78 is 4.43. The molecule has 1 amide bonds. The third kappa shape index (κ3) is 3.23. The predicted octanol–water partition coefficient (Wildman–Crippen LogP) is 0.915. The van der Waals surface area contributed by atoms with E-state index in [2.05, 4.69) is 30.2 Å². The molecule has 2 N–H and O–H groups in total. The molecule has 21 heavy (non-hydrogen) atoms. The maximum Gasteiger partial charge on any atom is 0.439 e. The second-order valence-corrected chi connectivity index (χ2v) is 5.95. The molecule has 0 fully saturated rings. The van der Waals surface area contributed by atoms with Crippen molar-refractivity contribution in [1.29, 1.82) is 0 Å². The summed E-state index contributed by atoms with van der Waals surface area (Å²) in [6, 6.07) is 3.38. The molecule has 0 radical (unpaired) electrons. The first-order valence-electron chi connectivity index (χ1n) is 5.92. The van der Waals surface area contributed by atoms with E-state index in [4.69, 9.17) is 0 Å². The summed E-state index contributed by atoms with van der Waals surface area (Å²) in [5, 5.41) is 14.9. The zero-order valence-corrected chi connectivity index (χ0v) is 12.2. The maximum atomic E-state index is 12.0. The van der Waals surface area contributed by atoms with Crippen LogP contribution in [0.2, 0.25) is 0 Å². The lowest BCUT2D eigenvalue weighted by molar-refractivity contribution is 0.0958. The molecule has 0 aliphatic carbocycles. The van der Waals surface area contributed by atoms with Crippen molar-refractivity contribution in [2.24, 2.45) is 0 Å². The molecule has 10 heteroatoms. The summed E-state index contributed by atoms with van der Waals surface area (Å²) >= 11 is 2.68. The molecular weight excluding hydrogens is 314 g/mol. The minimum atomic E-state index is -0.624. The van der Waals surface area contributed by atoms with E-state index in [1.165, 1.54) is 22.7 Å². The highest BCUT2D eigenvalue weighted by Gasteiger charge is 2.12. The van der Waals surface area contributed by atoms with Crippen molar-refractivity contribution in [3.63, 3.8) is 0 Å². The van der Waals surface area contributed by atoms with Crippen LogP contribution in [0.15, 0.2) is 27.0 Å². The number of aromatic nitrogens is 4. The van der Waals surface area contributed by atoms with Crippen molar-refractivity contribution in [2.75, 3.05) is 6.54 Å². The van der Waals surface area contributed by atoms with Crippen molar-refractivity contribution < 1.29 is 9.32 Å². The van der Waals surface area contributed by atoms with Crippen LogP contribution in [0.4, 0.5) is 0 Å². The molecule has 0 aliphatic heterocycles.